The molecular weight excluding hydrogens is 316 g/mol. The molecule has 0 aliphatic carbocycles. The first kappa shape index (κ1) is 17.1. The van der Waals surface area contributed by atoms with Gasteiger partial charge in [0.2, 0.25) is 11.8 Å². The van der Waals surface area contributed by atoms with Crippen molar-refractivity contribution in [2.24, 2.45) is 0 Å². The number of hydrogen-bond acceptors (Lipinski definition) is 4. The van der Waals surface area contributed by atoms with Gasteiger partial charge < -0.3 is 15.3 Å². The van der Waals surface area contributed by atoms with Crippen molar-refractivity contribution >= 4 is 35.6 Å². The molecule has 1 aliphatic rings. The van der Waals surface area contributed by atoms with Gasteiger partial charge in [0.1, 0.15) is 6.04 Å². The van der Waals surface area contributed by atoms with Gasteiger partial charge >= 0.3 is 5.97 Å². The number of carboxylic acid groups (broad SMARTS) is 1. The number of aliphatic carboxylic acids is 1. The normalized spacial score (nSPS) is 18.8. The number of benzene rings is 1. The first-order chi connectivity index (χ1) is 11.0. The molecule has 2 amide bonds. The highest BCUT2D eigenvalue weighted by atomic mass is 32.2. The highest BCUT2D eigenvalue weighted by molar-refractivity contribution is 8.00. The van der Waals surface area contributed by atoms with Crippen molar-refractivity contribution in [2.45, 2.75) is 18.3 Å². The lowest BCUT2D eigenvalue weighted by atomic mass is 10.2. The van der Waals surface area contributed by atoms with E-state index in [4.69, 9.17) is 5.11 Å². The van der Waals surface area contributed by atoms with Crippen LogP contribution in [-0.4, -0.2) is 51.5 Å². The van der Waals surface area contributed by atoms with Gasteiger partial charge in [-0.05, 0) is 18.6 Å². The average Bonchev–Trinajstić information content (AvgIpc) is 3.03. The molecule has 0 radical (unpaired) electrons. The largest absolute Gasteiger partial charge is 0.479 e. The van der Waals surface area contributed by atoms with Gasteiger partial charge in [0.15, 0.2) is 5.37 Å². The van der Waals surface area contributed by atoms with E-state index in [0.717, 1.165) is 5.56 Å². The lowest BCUT2D eigenvalue weighted by molar-refractivity contribution is -0.146. The quantitative estimate of drug-likeness (QED) is 0.790. The van der Waals surface area contributed by atoms with E-state index in [2.05, 4.69) is 5.32 Å². The van der Waals surface area contributed by atoms with E-state index in [0.29, 0.717) is 12.3 Å². The summed E-state index contributed by atoms with van der Waals surface area (Å²) in [4.78, 5) is 36.5. The number of carbonyl (C=O) groups excluding carboxylic acids is 2. The van der Waals surface area contributed by atoms with Crippen LogP contribution in [0, 0.1) is 0 Å². The first-order valence-corrected chi connectivity index (χ1v) is 8.22. The molecule has 1 fully saturated rings. The monoisotopic (exact) mass is 334 g/mol. The molecule has 0 saturated carbocycles. The highest BCUT2D eigenvalue weighted by Gasteiger charge is 2.36. The molecule has 6 nitrogen and oxygen atoms in total. The zero-order chi connectivity index (χ0) is 16.8. The van der Waals surface area contributed by atoms with Gasteiger partial charge in [0.25, 0.3) is 0 Å². The predicted molar refractivity (Wildman–Crippen MR) is 88.7 cm³/mol. The highest BCUT2D eigenvalue weighted by Crippen LogP contribution is 2.24. The molecule has 0 spiro atoms. The molecule has 1 heterocycles. The van der Waals surface area contributed by atoms with Crippen molar-refractivity contribution in [1.82, 2.24) is 10.2 Å². The summed E-state index contributed by atoms with van der Waals surface area (Å²) in [5, 5.41) is 10.8. The van der Waals surface area contributed by atoms with Gasteiger partial charge in [0.05, 0.1) is 0 Å². The van der Waals surface area contributed by atoms with E-state index < -0.39 is 23.3 Å². The van der Waals surface area contributed by atoms with Crippen molar-refractivity contribution in [3.05, 3.63) is 42.0 Å². The molecular formula is C16H18N2O4S. The molecule has 23 heavy (non-hydrogen) atoms. The Labute approximate surface area is 138 Å². The van der Waals surface area contributed by atoms with Crippen LogP contribution in [0.5, 0.6) is 0 Å². The Kier molecular flexibility index (Phi) is 5.81. The number of carboxylic acids is 1. The van der Waals surface area contributed by atoms with Crippen molar-refractivity contribution in [3.8, 4) is 0 Å². The van der Waals surface area contributed by atoms with Crippen molar-refractivity contribution in [3.63, 3.8) is 0 Å². The smallest absolute Gasteiger partial charge is 0.337 e. The predicted octanol–water partition coefficient (Wildman–Crippen LogP) is 1.19. The molecule has 2 rings (SSSR count). The standard InChI is InChI=1S/C16H18N2O4S/c1-11(14(20)18-9-10-23-15(18)16(21)22)17-13(19)8-7-12-5-3-2-4-6-12/h2-8,11,15H,9-10H2,1H3,(H,17,19)(H,21,22). The second-order valence-corrected chi connectivity index (χ2v) is 6.26. The number of carbonyl (C=O) groups is 3. The summed E-state index contributed by atoms with van der Waals surface area (Å²) in [6.45, 7) is 1.93. The van der Waals surface area contributed by atoms with Crippen LogP contribution in [-0.2, 0) is 14.4 Å². The Morgan fingerprint density at radius 2 is 2.04 bits per heavy atom. The summed E-state index contributed by atoms with van der Waals surface area (Å²) >= 11 is 1.21. The molecule has 2 atom stereocenters. The lowest BCUT2D eigenvalue weighted by Crippen LogP contribution is -2.49. The van der Waals surface area contributed by atoms with Crippen LogP contribution in [0.4, 0.5) is 0 Å². The van der Waals surface area contributed by atoms with Gasteiger partial charge in [-0.25, -0.2) is 4.79 Å². The van der Waals surface area contributed by atoms with Crippen molar-refractivity contribution in [1.29, 1.82) is 0 Å². The van der Waals surface area contributed by atoms with Crippen LogP contribution in [0.3, 0.4) is 0 Å². The van der Waals surface area contributed by atoms with E-state index in [1.807, 2.05) is 30.3 Å². The minimum absolute atomic E-state index is 0.376. The lowest BCUT2D eigenvalue weighted by Gasteiger charge is -2.24. The summed E-state index contributed by atoms with van der Waals surface area (Å²) < 4.78 is 0. The Morgan fingerprint density at radius 1 is 1.35 bits per heavy atom. The fraction of sp³-hybridized carbons (Fsp3) is 0.312. The topological polar surface area (TPSA) is 86.7 Å². The van der Waals surface area contributed by atoms with E-state index >= 15 is 0 Å². The molecule has 2 N–H and O–H groups in total. The van der Waals surface area contributed by atoms with Gasteiger partial charge in [-0.2, -0.15) is 0 Å². The van der Waals surface area contributed by atoms with Crippen molar-refractivity contribution < 1.29 is 19.5 Å². The molecule has 1 aromatic carbocycles. The van der Waals surface area contributed by atoms with Crippen LogP contribution in [0.1, 0.15) is 12.5 Å². The van der Waals surface area contributed by atoms with E-state index in [1.165, 1.54) is 22.7 Å². The molecule has 122 valence electrons. The number of thioether (sulfide) groups is 1. The molecule has 0 bridgehead atoms. The second kappa shape index (κ2) is 7.82. The summed E-state index contributed by atoms with van der Waals surface area (Å²) in [6, 6.07) is 8.55. The second-order valence-electron chi connectivity index (χ2n) is 5.07. The van der Waals surface area contributed by atoms with Gasteiger partial charge in [0, 0.05) is 18.4 Å². The maximum absolute atomic E-state index is 12.3. The zero-order valence-electron chi connectivity index (χ0n) is 12.6. The van der Waals surface area contributed by atoms with E-state index in [1.54, 1.807) is 13.0 Å². The zero-order valence-corrected chi connectivity index (χ0v) is 13.5. The van der Waals surface area contributed by atoms with Crippen LogP contribution in [0.15, 0.2) is 36.4 Å². The molecule has 1 saturated heterocycles. The maximum Gasteiger partial charge on any atom is 0.337 e. The third-order valence-corrected chi connectivity index (χ3v) is 4.53. The third-order valence-electron chi connectivity index (χ3n) is 3.34. The fourth-order valence-electron chi connectivity index (χ4n) is 2.21. The Hall–Kier alpha value is -2.28. The summed E-state index contributed by atoms with van der Waals surface area (Å²) in [6.07, 6.45) is 3.00. The number of nitrogens with one attached hydrogen (secondary N) is 1. The molecule has 2 unspecified atom stereocenters. The van der Waals surface area contributed by atoms with Crippen LogP contribution in [0.2, 0.25) is 0 Å². The molecule has 1 aliphatic heterocycles. The summed E-state index contributed by atoms with van der Waals surface area (Å²) in [5.74, 6) is -1.24. The van der Waals surface area contributed by atoms with Gasteiger partial charge in [-0.3, -0.25) is 9.59 Å². The van der Waals surface area contributed by atoms with Crippen LogP contribution in [0.25, 0.3) is 6.08 Å². The molecule has 0 aromatic heterocycles. The number of nitrogens with zero attached hydrogens (tertiary/aromatic N) is 1. The number of rotatable bonds is 5. The third kappa shape index (κ3) is 4.59. The summed E-state index contributed by atoms with van der Waals surface area (Å²) in [5.41, 5.74) is 0.878. The van der Waals surface area contributed by atoms with Crippen LogP contribution < -0.4 is 5.32 Å². The SMILES string of the molecule is CC(NC(=O)C=Cc1ccccc1)C(=O)N1CCSC1C(=O)O. The maximum atomic E-state index is 12.3. The van der Waals surface area contributed by atoms with Crippen molar-refractivity contribution in [2.75, 3.05) is 12.3 Å². The first-order valence-electron chi connectivity index (χ1n) is 7.17. The Morgan fingerprint density at radius 3 is 2.70 bits per heavy atom. The summed E-state index contributed by atoms with van der Waals surface area (Å²) in [7, 11) is 0. The minimum Gasteiger partial charge on any atom is -0.479 e. The molecule has 7 heteroatoms. The average molecular weight is 334 g/mol. The minimum atomic E-state index is -1.04. The fourth-order valence-corrected chi connectivity index (χ4v) is 3.27. The van der Waals surface area contributed by atoms with Gasteiger partial charge in [-0.15, -0.1) is 11.8 Å². The van der Waals surface area contributed by atoms with E-state index in [9.17, 15) is 14.4 Å². The molecule has 1 aromatic rings. The van der Waals surface area contributed by atoms with E-state index in [-0.39, 0.29) is 5.91 Å². The Bertz CT molecular complexity index is 618. The van der Waals surface area contributed by atoms with Crippen LogP contribution >= 0.6 is 11.8 Å². The number of amides is 2. The number of hydrogen-bond donors (Lipinski definition) is 2. The Balaban J connectivity index is 1.91. The van der Waals surface area contributed by atoms with Gasteiger partial charge in [-0.1, -0.05) is 30.3 Å².